The van der Waals surface area contributed by atoms with Crippen LogP contribution < -0.4 is 22.5 Å². The first kappa shape index (κ1) is 9.47. The Morgan fingerprint density at radius 1 is 1.57 bits per heavy atom. The number of nitrogens with one attached hydrogen (secondary N) is 2. The molecule has 0 rings (SSSR count). The van der Waals surface area contributed by atoms with Crippen molar-refractivity contribution in [3.05, 3.63) is 0 Å². The third kappa shape index (κ3) is 11.1. The number of carbonyl (C=O) groups excluding carboxylic acids is 1. The van der Waals surface area contributed by atoms with E-state index in [1.54, 1.807) is 0 Å². The largest absolute Gasteiger partial charge is 0.412 e. The highest BCUT2D eigenvalue weighted by molar-refractivity contribution is 5.70. The molecule has 0 radical (unpaired) electrons. The highest BCUT2D eigenvalue weighted by Gasteiger charge is 1.78. The quantitative estimate of drug-likeness (QED) is 0.214. The van der Waals surface area contributed by atoms with E-state index in [4.69, 9.17) is 0 Å². The topological polar surface area (TPSA) is 125 Å². The van der Waals surface area contributed by atoms with Gasteiger partial charge in [-0.05, 0) is 0 Å². The summed E-state index contributed by atoms with van der Waals surface area (Å²) in [6.45, 7) is 0. The predicted octanol–water partition coefficient (Wildman–Crippen LogP) is -2.79. The van der Waals surface area contributed by atoms with Crippen molar-refractivity contribution in [2.24, 2.45) is 11.6 Å². The molecule has 0 aliphatic rings. The van der Waals surface area contributed by atoms with Crippen LogP contribution in [0.5, 0.6) is 0 Å². The number of hydrazine groups is 2. The molecule has 0 aromatic heterocycles. The van der Waals surface area contributed by atoms with Gasteiger partial charge in [0.2, 0.25) is 0 Å². The Morgan fingerprint density at radius 2 is 2.00 bits per heavy atom. The molecule has 0 heterocycles. The van der Waals surface area contributed by atoms with Gasteiger partial charge in [0, 0.05) is 0 Å². The van der Waals surface area contributed by atoms with Gasteiger partial charge in [-0.1, -0.05) is 0 Å². The SMILES string of the molecule is NNNC(N)=O.O. The zero-order chi connectivity index (χ0) is 4.99. The van der Waals surface area contributed by atoms with E-state index in [0.717, 1.165) is 0 Å². The summed E-state index contributed by atoms with van der Waals surface area (Å²) < 4.78 is 0. The van der Waals surface area contributed by atoms with Gasteiger partial charge in [-0.15, -0.1) is 0 Å². The highest BCUT2D eigenvalue weighted by Crippen LogP contribution is 1.38. The minimum Gasteiger partial charge on any atom is -0.412 e. The molecule has 44 valence electrons. The van der Waals surface area contributed by atoms with Crippen LogP contribution in [-0.2, 0) is 0 Å². The fraction of sp³-hybridized carbons (Fsp3) is 0. The van der Waals surface area contributed by atoms with Crippen LogP contribution in [-0.4, -0.2) is 11.5 Å². The number of hydrogen-bond acceptors (Lipinski definition) is 3. The molecule has 0 aromatic rings. The summed E-state index contributed by atoms with van der Waals surface area (Å²) in [6.07, 6.45) is 0. The third-order valence-corrected chi connectivity index (χ3v) is 0.195. The molecule has 0 atom stereocenters. The maximum absolute atomic E-state index is 9.57. The molecule has 0 saturated carbocycles. The average molecular weight is 108 g/mol. The lowest BCUT2D eigenvalue weighted by Gasteiger charge is -1.91. The summed E-state index contributed by atoms with van der Waals surface area (Å²) in [4.78, 5) is 9.57. The van der Waals surface area contributed by atoms with Crippen LogP contribution in [0.3, 0.4) is 0 Å². The summed E-state index contributed by atoms with van der Waals surface area (Å²) in [5.41, 5.74) is 8.23. The fourth-order valence-corrected chi connectivity index (χ4v) is 0.0711. The maximum Gasteiger partial charge on any atom is 0.327 e. The van der Waals surface area contributed by atoms with Crippen molar-refractivity contribution in [3.8, 4) is 0 Å². The van der Waals surface area contributed by atoms with Crippen LogP contribution in [0.4, 0.5) is 4.79 Å². The van der Waals surface area contributed by atoms with Gasteiger partial charge in [0.05, 0.1) is 0 Å². The van der Waals surface area contributed by atoms with E-state index in [1.165, 1.54) is 0 Å². The van der Waals surface area contributed by atoms with Gasteiger partial charge in [-0.25, -0.2) is 4.79 Å². The van der Waals surface area contributed by atoms with E-state index in [0.29, 0.717) is 0 Å². The lowest BCUT2D eigenvalue weighted by atomic mass is 11.2. The Balaban J connectivity index is 0. The zero-order valence-electron chi connectivity index (χ0n) is 3.56. The van der Waals surface area contributed by atoms with Crippen molar-refractivity contribution in [2.75, 3.05) is 0 Å². The van der Waals surface area contributed by atoms with Crippen molar-refractivity contribution in [3.63, 3.8) is 0 Å². The van der Waals surface area contributed by atoms with Gasteiger partial charge in [0.15, 0.2) is 0 Å². The second-order valence-corrected chi connectivity index (χ2v) is 0.634. The normalized spacial score (nSPS) is 6.43. The fourth-order valence-electron chi connectivity index (χ4n) is 0.0711. The average Bonchev–Trinajstić information content (AvgIpc) is 1.35. The van der Waals surface area contributed by atoms with Crippen molar-refractivity contribution in [1.82, 2.24) is 11.0 Å². The van der Waals surface area contributed by atoms with Gasteiger partial charge in [0.25, 0.3) is 0 Å². The van der Waals surface area contributed by atoms with Crippen LogP contribution in [0.2, 0.25) is 0 Å². The molecule has 0 unspecified atom stereocenters. The Hall–Kier alpha value is -0.850. The van der Waals surface area contributed by atoms with Crippen molar-refractivity contribution in [2.45, 2.75) is 0 Å². The van der Waals surface area contributed by atoms with Crippen LogP contribution in [0.25, 0.3) is 0 Å². The minimum absolute atomic E-state index is 0. The van der Waals surface area contributed by atoms with Gasteiger partial charge in [-0.2, -0.15) is 5.53 Å². The van der Waals surface area contributed by atoms with Gasteiger partial charge < -0.3 is 11.2 Å². The molecule has 6 heteroatoms. The van der Waals surface area contributed by atoms with Crippen LogP contribution >= 0.6 is 0 Å². The first-order valence-corrected chi connectivity index (χ1v) is 1.28. The molecule has 0 aliphatic carbocycles. The smallest absolute Gasteiger partial charge is 0.327 e. The molecule has 0 aromatic carbocycles. The number of hydrogen-bond donors (Lipinski definition) is 4. The Morgan fingerprint density at radius 3 is 2.00 bits per heavy atom. The highest BCUT2D eigenvalue weighted by atomic mass is 16.2. The number of amides is 2. The second kappa shape index (κ2) is 5.15. The van der Waals surface area contributed by atoms with Gasteiger partial charge >= 0.3 is 6.03 Å². The van der Waals surface area contributed by atoms with E-state index < -0.39 is 6.03 Å². The number of rotatable bonds is 1. The summed E-state index contributed by atoms with van der Waals surface area (Å²) in [5.74, 6) is 4.57. The van der Waals surface area contributed by atoms with Crippen molar-refractivity contribution in [1.29, 1.82) is 0 Å². The molecule has 0 fully saturated rings. The molecule has 0 saturated heterocycles. The van der Waals surface area contributed by atoms with Crippen molar-refractivity contribution >= 4 is 6.03 Å². The minimum atomic E-state index is -0.697. The van der Waals surface area contributed by atoms with Crippen LogP contribution in [0.1, 0.15) is 0 Å². The van der Waals surface area contributed by atoms with Crippen LogP contribution in [0, 0.1) is 0 Å². The van der Waals surface area contributed by atoms with Gasteiger partial charge in [0.1, 0.15) is 0 Å². The van der Waals surface area contributed by atoms with Crippen molar-refractivity contribution < 1.29 is 10.3 Å². The lowest BCUT2D eigenvalue weighted by molar-refractivity contribution is 0.245. The Kier molecular flexibility index (Phi) is 6.97. The number of nitrogens with two attached hydrogens (primary N) is 2. The summed E-state index contributed by atoms with van der Waals surface area (Å²) in [5, 5.41) is 0. The monoisotopic (exact) mass is 108 g/mol. The second-order valence-electron chi connectivity index (χ2n) is 0.634. The zero-order valence-corrected chi connectivity index (χ0v) is 3.56. The Bertz CT molecular complexity index is 53.7. The van der Waals surface area contributed by atoms with Gasteiger partial charge in [-0.3, -0.25) is 11.3 Å². The van der Waals surface area contributed by atoms with E-state index in [2.05, 4.69) is 11.6 Å². The van der Waals surface area contributed by atoms with E-state index in [1.807, 2.05) is 11.0 Å². The lowest BCUT2D eigenvalue weighted by Crippen LogP contribution is -2.45. The molecule has 6 nitrogen and oxygen atoms in total. The first-order chi connectivity index (χ1) is 2.77. The maximum atomic E-state index is 9.57. The summed E-state index contributed by atoms with van der Waals surface area (Å²) >= 11 is 0. The third-order valence-electron chi connectivity index (χ3n) is 0.195. The standard InChI is InChI=1S/CH6N4O.H2O/c2-1(6)4-5-3;/h5H,3H2,(H3,2,4,6);1H2. The Labute approximate surface area is 40.1 Å². The molecule has 8 N–H and O–H groups in total. The van der Waals surface area contributed by atoms with E-state index in [9.17, 15) is 4.79 Å². The number of carbonyl (C=O) groups is 1. The van der Waals surface area contributed by atoms with E-state index in [-0.39, 0.29) is 5.48 Å². The molecular formula is CH8N4O2. The summed E-state index contributed by atoms with van der Waals surface area (Å²) in [6, 6.07) is -0.697. The molecule has 2 amide bonds. The molecule has 0 bridgehead atoms. The van der Waals surface area contributed by atoms with Crippen LogP contribution in [0.15, 0.2) is 0 Å². The molecule has 7 heavy (non-hydrogen) atoms. The predicted molar refractivity (Wildman–Crippen MR) is 23.7 cm³/mol. The number of urea groups is 1. The van der Waals surface area contributed by atoms with E-state index >= 15 is 0 Å². The first-order valence-electron chi connectivity index (χ1n) is 1.28. The molecular weight excluding hydrogens is 100 g/mol. The molecule has 0 spiro atoms. The molecule has 0 aliphatic heterocycles. The summed E-state index contributed by atoms with van der Waals surface area (Å²) in [7, 11) is 0. The number of primary amides is 1.